The maximum absolute atomic E-state index is 11.9. The van der Waals surface area contributed by atoms with Gasteiger partial charge in [0.05, 0.1) is 22.2 Å². The van der Waals surface area contributed by atoms with Gasteiger partial charge in [-0.2, -0.15) is 0 Å². The van der Waals surface area contributed by atoms with Crippen molar-refractivity contribution in [2.24, 2.45) is 5.41 Å². The first kappa shape index (κ1) is 15.9. The summed E-state index contributed by atoms with van der Waals surface area (Å²) < 4.78 is 0. The number of hydrogen-bond acceptors (Lipinski definition) is 2. The molecule has 3 N–H and O–H groups in total. The minimum absolute atomic E-state index is 0.0746. The molecule has 0 heterocycles. The fraction of sp³-hybridized carbons (Fsp3) is 0.429. The number of benzene rings is 1. The van der Waals surface area contributed by atoms with Crippen molar-refractivity contribution in [2.75, 3.05) is 11.9 Å². The average molecular weight is 331 g/mol. The lowest BCUT2D eigenvalue weighted by Gasteiger charge is -2.40. The second-order valence-electron chi connectivity index (χ2n) is 5.33. The summed E-state index contributed by atoms with van der Waals surface area (Å²) in [4.78, 5) is 22.7. The van der Waals surface area contributed by atoms with Crippen molar-refractivity contribution < 1.29 is 14.7 Å². The van der Waals surface area contributed by atoms with Gasteiger partial charge in [-0.15, -0.1) is 0 Å². The highest BCUT2D eigenvalue weighted by molar-refractivity contribution is 6.43. The normalized spacial score (nSPS) is 15.9. The Bertz CT molecular complexity index is 559. The molecule has 2 rings (SSSR count). The van der Waals surface area contributed by atoms with E-state index in [0.29, 0.717) is 17.3 Å². The van der Waals surface area contributed by atoms with Gasteiger partial charge < -0.3 is 15.7 Å². The van der Waals surface area contributed by atoms with Crippen molar-refractivity contribution in [1.29, 1.82) is 0 Å². The predicted molar refractivity (Wildman–Crippen MR) is 82.0 cm³/mol. The zero-order chi connectivity index (χ0) is 15.5. The number of carbonyl (C=O) groups excluding carboxylic acids is 1. The lowest BCUT2D eigenvalue weighted by Crippen LogP contribution is -2.44. The summed E-state index contributed by atoms with van der Waals surface area (Å²) in [6.07, 6.45) is 2.71. The number of halogens is 2. The van der Waals surface area contributed by atoms with Crippen molar-refractivity contribution >= 4 is 40.9 Å². The maximum atomic E-state index is 11.9. The van der Waals surface area contributed by atoms with Gasteiger partial charge in [-0.3, -0.25) is 4.79 Å². The number of carbonyl (C=O) groups is 2. The number of nitrogens with one attached hydrogen (secondary N) is 2. The van der Waals surface area contributed by atoms with E-state index in [-0.39, 0.29) is 16.9 Å². The number of hydrogen-bond donors (Lipinski definition) is 3. The van der Waals surface area contributed by atoms with Crippen LogP contribution in [0, 0.1) is 5.41 Å². The van der Waals surface area contributed by atoms with Gasteiger partial charge >= 0.3 is 12.0 Å². The first-order valence-corrected chi connectivity index (χ1v) is 7.38. The van der Waals surface area contributed by atoms with Crippen LogP contribution in [0.1, 0.15) is 25.7 Å². The molecule has 1 aromatic carbocycles. The van der Waals surface area contributed by atoms with Gasteiger partial charge in [-0.1, -0.05) is 35.7 Å². The van der Waals surface area contributed by atoms with E-state index in [1.54, 1.807) is 18.2 Å². The van der Waals surface area contributed by atoms with Gasteiger partial charge in [0, 0.05) is 6.54 Å². The SMILES string of the molecule is O=C(O)CC1(CNC(=O)Nc2cccc(Cl)c2Cl)CCC1. The molecule has 0 aliphatic heterocycles. The molecule has 0 radical (unpaired) electrons. The van der Waals surface area contributed by atoms with Gasteiger partial charge in [0.15, 0.2) is 0 Å². The molecule has 1 aliphatic carbocycles. The molecule has 0 spiro atoms. The van der Waals surface area contributed by atoms with Crippen LogP contribution >= 0.6 is 23.2 Å². The monoisotopic (exact) mass is 330 g/mol. The zero-order valence-corrected chi connectivity index (χ0v) is 12.8. The third-order valence-electron chi connectivity index (χ3n) is 3.76. The van der Waals surface area contributed by atoms with E-state index >= 15 is 0 Å². The van der Waals surface area contributed by atoms with Crippen molar-refractivity contribution in [3.63, 3.8) is 0 Å². The first-order chi connectivity index (χ1) is 9.92. The largest absolute Gasteiger partial charge is 0.481 e. The molecule has 0 unspecified atom stereocenters. The quantitative estimate of drug-likeness (QED) is 0.769. The molecule has 1 aromatic rings. The van der Waals surface area contributed by atoms with E-state index in [9.17, 15) is 9.59 Å². The summed E-state index contributed by atoms with van der Waals surface area (Å²) in [7, 11) is 0. The third-order valence-corrected chi connectivity index (χ3v) is 4.58. The summed E-state index contributed by atoms with van der Waals surface area (Å²) in [6, 6.07) is 4.53. The molecule has 2 amide bonds. The summed E-state index contributed by atoms with van der Waals surface area (Å²) in [6.45, 7) is 0.337. The molecule has 5 nitrogen and oxygen atoms in total. The minimum Gasteiger partial charge on any atom is -0.481 e. The van der Waals surface area contributed by atoms with Crippen molar-refractivity contribution in [2.45, 2.75) is 25.7 Å². The summed E-state index contributed by atoms with van der Waals surface area (Å²) in [5, 5.41) is 14.9. The Morgan fingerprint density at radius 1 is 1.29 bits per heavy atom. The van der Waals surface area contributed by atoms with Crippen molar-refractivity contribution in [3.8, 4) is 0 Å². The van der Waals surface area contributed by atoms with Crippen LogP contribution in [0.3, 0.4) is 0 Å². The van der Waals surface area contributed by atoms with Gasteiger partial charge in [0.2, 0.25) is 0 Å². The van der Waals surface area contributed by atoms with E-state index < -0.39 is 12.0 Å². The predicted octanol–water partition coefficient (Wildman–Crippen LogP) is 3.76. The Morgan fingerprint density at radius 2 is 2.00 bits per heavy atom. The Kier molecular flexibility index (Phi) is 4.96. The number of anilines is 1. The van der Waals surface area contributed by atoms with Crippen LogP contribution < -0.4 is 10.6 Å². The molecule has 7 heteroatoms. The second kappa shape index (κ2) is 6.54. The van der Waals surface area contributed by atoms with Gasteiger partial charge in [0.25, 0.3) is 0 Å². The van der Waals surface area contributed by atoms with Gasteiger partial charge in [-0.05, 0) is 30.4 Å². The van der Waals surface area contributed by atoms with E-state index in [1.807, 2.05) is 0 Å². The molecule has 1 fully saturated rings. The Morgan fingerprint density at radius 3 is 2.57 bits per heavy atom. The molecule has 1 aliphatic rings. The highest BCUT2D eigenvalue weighted by atomic mass is 35.5. The molecule has 21 heavy (non-hydrogen) atoms. The molecule has 114 valence electrons. The van der Waals surface area contributed by atoms with Crippen molar-refractivity contribution in [1.82, 2.24) is 5.32 Å². The summed E-state index contributed by atoms with van der Waals surface area (Å²) in [5.41, 5.74) is 0.101. The van der Waals surface area contributed by atoms with Crippen molar-refractivity contribution in [3.05, 3.63) is 28.2 Å². The van der Waals surface area contributed by atoms with Crippen LogP contribution in [0.25, 0.3) is 0 Å². The number of rotatable bonds is 5. The van der Waals surface area contributed by atoms with Gasteiger partial charge in [0.1, 0.15) is 0 Å². The number of aliphatic carboxylic acids is 1. The highest BCUT2D eigenvalue weighted by Gasteiger charge is 2.39. The van der Waals surface area contributed by atoms with Crippen LogP contribution in [-0.2, 0) is 4.79 Å². The maximum Gasteiger partial charge on any atom is 0.319 e. The highest BCUT2D eigenvalue weighted by Crippen LogP contribution is 2.43. The number of urea groups is 1. The molecule has 1 saturated carbocycles. The van der Waals surface area contributed by atoms with Gasteiger partial charge in [-0.25, -0.2) is 4.79 Å². The molecule has 0 bridgehead atoms. The molecular weight excluding hydrogens is 315 g/mol. The van der Waals surface area contributed by atoms with Crippen LogP contribution in [0.15, 0.2) is 18.2 Å². The van der Waals surface area contributed by atoms with E-state index in [4.69, 9.17) is 28.3 Å². The summed E-state index contributed by atoms with van der Waals surface area (Å²) >= 11 is 11.8. The lowest BCUT2D eigenvalue weighted by molar-refractivity contribution is -0.141. The van der Waals surface area contributed by atoms with Crippen LogP contribution in [-0.4, -0.2) is 23.7 Å². The topological polar surface area (TPSA) is 78.4 Å². The van der Waals surface area contributed by atoms with E-state index in [2.05, 4.69) is 10.6 Å². The standard InChI is InChI=1S/C14H16Cl2N2O3/c15-9-3-1-4-10(12(9)16)18-13(21)17-8-14(5-2-6-14)7-11(19)20/h1,3-4H,2,5-8H2,(H,19,20)(H2,17,18,21). The molecular formula is C14H16Cl2N2O3. The molecule has 0 aromatic heterocycles. The Labute approximate surface area is 132 Å². The van der Waals surface area contributed by atoms with E-state index in [1.165, 1.54) is 0 Å². The fourth-order valence-corrected chi connectivity index (χ4v) is 2.80. The Hall–Kier alpha value is -1.46. The lowest BCUT2D eigenvalue weighted by atomic mass is 9.66. The average Bonchev–Trinajstić information content (AvgIpc) is 2.37. The first-order valence-electron chi connectivity index (χ1n) is 6.63. The smallest absolute Gasteiger partial charge is 0.319 e. The van der Waals surface area contributed by atoms with Crippen LogP contribution in [0.5, 0.6) is 0 Å². The summed E-state index contributed by atoms with van der Waals surface area (Å²) in [5.74, 6) is -0.838. The Balaban J connectivity index is 1.90. The molecule has 0 atom stereocenters. The third kappa shape index (κ3) is 4.02. The van der Waals surface area contributed by atoms with E-state index in [0.717, 1.165) is 19.3 Å². The molecule has 0 saturated heterocycles. The van der Waals surface area contributed by atoms with Crippen LogP contribution in [0.2, 0.25) is 10.0 Å². The zero-order valence-electron chi connectivity index (χ0n) is 11.3. The number of carboxylic acid groups (broad SMARTS) is 1. The minimum atomic E-state index is -0.838. The second-order valence-corrected chi connectivity index (χ2v) is 6.12. The number of carboxylic acids is 1. The fourth-order valence-electron chi connectivity index (χ4n) is 2.45. The van der Waals surface area contributed by atoms with Crippen LogP contribution in [0.4, 0.5) is 10.5 Å². The number of amides is 2.